The fourth-order valence-corrected chi connectivity index (χ4v) is 2.26. The molecule has 0 unspecified atom stereocenters. The molecule has 1 aromatic heterocycles. The molecule has 1 amide bonds. The fraction of sp³-hybridized carbons (Fsp3) is 0.500. The molecule has 8 heteroatoms. The molecule has 20 heavy (non-hydrogen) atoms. The number of carbonyl (C=O) groups is 1. The van der Waals surface area contributed by atoms with Crippen LogP contribution in [0.15, 0.2) is 23.6 Å². The van der Waals surface area contributed by atoms with Crippen LogP contribution in [0.2, 0.25) is 0 Å². The van der Waals surface area contributed by atoms with Crippen molar-refractivity contribution >= 4 is 11.7 Å². The Hall–Kier alpha value is -2.22. The lowest BCUT2D eigenvalue weighted by molar-refractivity contribution is 0.0885. The second-order valence-corrected chi connectivity index (χ2v) is 4.96. The maximum Gasteiger partial charge on any atom is 0.253 e. The van der Waals surface area contributed by atoms with E-state index in [0.717, 1.165) is 13.1 Å². The highest BCUT2D eigenvalue weighted by Gasteiger charge is 2.39. The Balaban J connectivity index is 2.19. The fourth-order valence-electron chi connectivity index (χ4n) is 2.26. The van der Waals surface area contributed by atoms with Gasteiger partial charge < -0.3 is 21.2 Å². The number of nitrogens with zero attached hydrogens (tertiary/aromatic N) is 4. The SMILES string of the molecule is CN1CCC(NC(=O)c2ccnnc2)(/C(N)=N/O)CC1. The summed E-state index contributed by atoms with van der Waals surface area (Å²) in [5, 5.41) is 22.2. The van der Waals surface area contributed by atoms with Gasteiger partial charge in [-0.25, -0.2) is 0 Å². The van der Waals surface area contributed by atoms with Gasteiger partial charge in [0.05, 0.1) is 18.0 Å². The van der Waals surface area contributed by atoms with Crippen LogP contribution in [0.1, 0.15) is 23.2 Å². The summed E-state index contributed by atoms with van der Waals surface area (Å²) < 4.78 is 0. The molecule has 2 heterocycles. The summed E-state index contributed by atoms with van der Waals surface area (Å²) in [6.07, 6.45) is 4.00. The molecule has 8 nitrogen and oxygen atoms in total. The number of rotatable bonds is 3. The molecular formula is C12H18N6O2. The van der Waals surface area contributed by atoms with E-state index in [-0.39, 0.29) is 11.7 Å². The molecule has 0 aliphatic carbocycles. The van der Waals surface area contributed by atoms with Crippen molar-refractivity contribution in [1.29, 1.82) is 0 Å². The molecule has 0 aromatic carbocycles. The number of hydrogen-bond acceptors (Lipinski definition) is 6. The van der Waals surface area contributed by atoms with Crippen LogP contribution in [0.3, 0.4) is 0 Å². The topological polar surface area (TPSA) is 117 Å². The molecule has 0 bridgehead atoms. The highest BCUT2D eigenvalue weighted by atomic mass is 16.4. The summed E-state index contributed by atoms with van der Waals surface area (Å²) in [7, 11) is 1.99. The number of hydrogen-bond donors (Lipinski definition) is 3. The zero-order valence-corrected chi connectivity index (χ0v) is 11.3. The molecule has 2 rings (SSSR count). The minimum Gasteiger partial charge on any atom is -0.409 e. The zero-order valence-electron chi connectivity index (χ0n) is 11.3. The highest BCUT2D eigenvalue weighted by Crippen LogP contribution is 2.22. The zero-order chi connectivity index (χ0) is 14.6. The number of amidine groups is 1. The number of oxime groups is 1. The van der Waals surface area contributed by atoms with E-state index >= 15 is 0 Å². The lowest BCUT2D eigenvalue weighted by atomic mass is 9.86. The van der Waals surface area contributed by atoms with Crippen LogP contribution in [0, 0.1) is 0 Å². The number of piperidine rings is 1. The number of carbonyl (C=O) groups excluding carboxylic acids is 1. The van der Waals surface area contributed by atoms with Crippen molar-refractivity contribution in [2.45, 2.75) is 18.4 Å². The summed E-state index contributed by atoms with van der Waals surface area (Å²) in [4.78, 5) is 14.4. The minimum atomic E-state index is -0.818. The molecule has 108 valence electrons. The predicted molar refractivity (Wildman–Crippen MR) is 72.4 cm³/mol. The average molecular weight is 278 g/mol. The summed E-state index contributed by atoms with van der Waals surface area (Å²) in [6.45, 7) is 1.51. The van der Waals surface area contributed by atoms with Crippen molar-refractivity contribution in [3.05, 3.63) is 24.0 Å². The molecule has 1 aliphatic rings. The summed E-state index contributed by atoms with van der Waals surface area (Å²) in [5.74, 6) is -0.281. The number of nitrogens with two attached hydrogens (primary N) is 1. The monoisotopic (exact) mass is 278 g/mol. The largest absolute Gasteiger partial charge is 0.409 e. The maximum absolute atomic E-state index is 12.2. The van der Waals surface area contributed by atoms with E-state index in [1.54, 1.807) is 6.07 Å². The van der Waals surface area contributed by atoms with Gasteiger partial charge in [-0.15, -0.1) is 0 Å². The van der Waals surface area contributed by atoms with Gasteiger partial charge in [0.2, 0.25) is 0 Å². The van der Waals surface area contributed by atoms with Crippen LogP contribution in [-0.2, 0) is 0 Å². The van der Waals surface area contributed by atoms with Crippen molar-refractivity contribution in [2.24, 2.45) is 10.9 Å². The first kappa shape index (κ1) is 14.2. The van der Waals surface area contributed by atoms with Crippen molar-refractivity contribution in [1.82, 2.24) is 20.4 Å². The lowest BCUT2D eigenvalue weighted by Gasteiger charge is -2.40. The van der Waals surface area contributed by atoms with Crippen LogP contribution in [0.5, 0.6) is 0 Å². The Bertz CT molecular complexity index is 496. The van der Waals surface area contributed by atoms with Crippen molar-refractivity contribution in [3.8, 4) is 0 Å². The third-order valence-corrected chi connectivity index (χ3v) is 3.64. The summed E-state index contributed by atoms with van der Waals surface area (Å²) in [5.41, 5.74) is 5.37. The van der Waals surface area contributed by atoms with E-state index in [0.29, 0.717) is 18.4 Å². The predicted octanol–water partition coefficient (Wildman–Crippen LogP) is -0.583. The number of amides is 1. The van der Waals surface area contributed by atoms with E-state index in [4.69, 9.17) is 10.9 Å². The smallest absolute Gasteiger partial charge is 0.253 e. The molecule has 4 N–H and O–H groups in total. The number of nitrogens with one attached hydrogen (secondary N) is 1. The van der Waals surface area contributed by atoms with Gasteiger partial charge in [-0.3, -0.25) is 4.79 Å². The Morgan fingerprint density at radius 3 is 2.75 bits per heavy atom. The first-order valence-electron chi connectivity index (χ1n) is 6.33. The van der Waals surface area contributed by atoms with Gasteiger partial charge in [0.25, 0.3) is 5.91 Å². The van der Waals surface area contributed by atoms with E-state index in [9.17, 15) is 4.79 Å². The second-order valence-electron chi connectivity index (χ2n) is 4.96. The molecule has 1 saturated heterocycles. The van der Waals surface area contributed by atoms with Gasteiger partial charge in [0.15, 0.2) is 5.84 Å². The van der Waals surface area contributed by atoms with E-state index < -0.39 is 5.54 Å². The second kappa shape index (κ2) is 5.83. The molecule has 0 radical (unpaired) electrons. The summed E-state index contributed by atoms with van der Waals surface area (Å²) in [6, 6.07) is 1.57. The third-order valence-electron chi connectivity index (χ3n) is 3.64. The Morgan fingerprint density at radius 2 is 2.20 bits per heavy atom. The molecule has 0 saturated carbocycles. The van der Waals surface area contributed by atoms with Gasteiger partial charge in [-0.05, 0) is 26.0 Å². The molecule has 1 aromatic rings. The quantitative estimate of drug-likeness (QED) is 0.295. The van der Waals surface area contributed by atoms with Crippen molar-refractivity contribution in [2.75, 3.05) is 20.1 Å². The standard InChI is InChI=1S/C12H18N6O2/c1-18-6-3-12(4-7-18,11(13)17-20)16-10(19)9-2-5-14-15-8-9/h2,5,8,20H,3-4,6-7H2,1H3,(H2,13,17)(H,16,19). The molecule has 1 fully saturated rings. The minimum absolute atomic E-state index is 0.0287. The van der Waals surface area contributed by atoms with E-state index in [1.807, 2.05) is 7.05 Å². The highest BCUT2D eigenvalue weighted by molar-refractivity contribution is 6.00. The number of aromatic nitrogens is 2. The van der Waals surface area contributed by atoms with Crippen LogP contribution in [0.4, 0.5) is 0 Å². The van der Waals surface area contributed by atoms with Gasteiger partial charge in [-0.1, -0.05) is 5.16 Å². The van der Waals surface area contributed by atoms with Crippen molar-refractivity contribution in [3.63, 3.8) is 0 Å². The Kier molecular flexibility index (Phi) is 4.14. The third kappa shape index (κ3) is 2.85. The molecule has 1 aliphatic heterocycles. The summed E-state index contributed by atoms with van der Waals surface area (Å²) >= 11 is 0. The van der Waals surface area contributed by atoms with Gasteiger partial charge in [0, 0.05) is 13.1 Å². The Morgan fingerprint density at radius 1 is 1.50 bits per heavy atom. The number of likely N-dealkylation sites (tertiary alicyclic amines) is 1. The van der Waals surface area contributed by atoms with Gasteiger partial charge in [0.1, 0.15) is 5.54 Å². The molecule has 0 atom stereocenters. The van der Waals surface area contributed by atoms with E-state index in [1.165, 1.54) is 12.4 Å². The molecular weight excluding hydrogens is 260 g/mol. The first-order chi connectivity index (χ1) is 9.57. The van der Waals surface area contributed by atoms with Gasteiger partial charge >= 0.3 is 0 Å². The Labute approximate surface area is 116 Å². The lowest BCUT2D eigenvalue weighted by Crippen LogP contribution is -2.62. The van der Waals surface area contributed by atoms with Crippen LogP contribution >= 0.6 is 0 Å². The van der Waals surface area contributed by atoms with Crippen LogP contribution in [-0.4, -0.2) is 57.7 Å². The maximum atomic E-state index is 12.2. The van der Waals surface area contributed by atoms with Crippen LogP contribution < -0.4 is 11.1 Å². The van der Waals surface area contributed by atoms with Crippen molar-refractivity contribution < 1.29 is 10.0 Å². The average Bonchev–Trinajstić information content (AvgIpc) is 2.49. The van der Waals surface area contributed by atoms with E-state index in [2.05, 4.69) is 25.6 Å². The van der Waals surface area contributed by atoms with Crippen LogP contribution in [0.25, 0.3) is 0 Å². The molecule has 0 spiro atoms. The normalized spacial score (nSPS) is 19.6. The first-order valence-corrected chi connectivity index (χ1v) is 6.33. The van der Waals surface area contributed by atoms with Gasteiger partial charge in [-0.2, -0.15) is 10.2 Å².